The van der Waals surface area contributed by atoms with E-state index in [0.29, 0.717) is 6.04 Å². The number of benzene rings is 1. The van der Waals surface area contributed by atoms with Crippen LogP contribution in [-0.2, 0) is 12.3 Å². The molecular formula is C15H20N2S2. The monoisotopic (exact) mass is 292 g/mol. The van der Waals surface area contributed by atoms with Gasteiger partial charge in [0.25, 0.3) is 0 Å². The lowest BCUT2D eigenvalue weighted by Crippen LogP contribution is -2.21. The molecule has 2 rings (SSSR count). The number of hydrogen-bond donors (Lipinski definition) is 1. The Hall–Kier alpha value is -0.840. The first-order chi connectivity index (χ1) is 9.13. The Morgan fingerprint density at radius 3 is 2.89 bits per heavy atom. The second-order valence-electron chi connectivity index (χ2n) is 4.82. The molecular weight excluding hydrogens is 272 g/mol. The Kier molecular flexibility index (Phi) is 5.43. The maximum atomic E-state index is 4.29. The summed E-state index contributed by atoms with van der Waals surface area (Å²) in [5.74, 6) is 1.01. The van der Waals surface area contributed by atoms with Crippen molar-refractivity contribution in [1.82, 2.24) is 10.3 Å². The fraction of sp³-hybridized carbons (Fsp3) is 0.400. The van der Waals surface area contributed by atoms with E-state index in [2.05, 4.69) is 55.3 Å². The summed E-state index contributed by atoms with van der Waals surface area (Å²) in [5.41, 5.74) is 1.35. The largest absolute Gasteiger partial charge is 0.310 e. The van der Waals surface area contributed by atoms with Crippen molar-refractivity contribution in [3.63, 3.8) is 0 Å². The van der Waals surface area contributed by atoms with E-state index in [0.717, 1.165) is 17.3 Å². The molecule has 0 bridgehead atoms. The molecule has 0 atom stereocenters. The van der Waals surface area contributed by atoms with E-state index in [-0.39, 0.29) is 0 Å². The van der Waals surface area contributed by atoms with Gasteiger partial charge in [-0.2, -0.15) is 0 Å². The zero-order valence-corrected chi connectivity index (χ0v) is 13.3. The minimum Gasteiger partial charge on any atom is -0.310 e. The number of nitrogens with one attached hydrogen (secondary N) is 1. The van der Waals surface area contributed by atoms with Crippen molar-refractivity contribution in [1.29, 1.82) is 0 Å². The molecule has 0 saturated heterocycles. The first-order valence-corrected chi connectivity index (χ1v) is 8.30. The van der Waals surface area contributed by atoms with Crippen LogP contribution in [0.4, 0.5) is 0 Å². The molecule has 1 N–H and O–H groups in total. The lowest BCUT2D eigenvalue weighted by atomic mass is 10.2. The highest BCUT2D eigenvalue weighted by Gasteiger charge is 2.01. The number of thioether (sulfide) groups is 1. The number of thiazole rings is 1. The summed E-state index contributed by atoms with van der Waals surface area (Å²) in [6, 6.07) is 9.29. The minimum absolute atomic E-state index is 0.525. The van der Waals surface area contributed by atoms with Gasteiger partial charge in [-0.05, 0) is 24.6 Å². The van der Waals surface area contributed by atoms with E-state index in [4.69, 9.17) is 0 Å². The molecule has 102 valence electrons. The third kappa shape index (κ3) is 4.97. The van der Waals surface area contributed by atoms with Gasteiger partial charge in [-0.3, -0.25) is 0 Å². The van der Waals surface area contributed by atoms with Crippen molar-refractivity contribution in [3.05, 3.63) is 45.9 Å². The van der Waals surface area contributed by atoms with E-state index in [9.17, 15) is 0 Å². The molecule has 2 aromatic rings. The highest BCUT2D eigenvalue weighted by atomic mass is 32.2. The lowest BCUT2D eigenvalue weighted by molar-refractivity contribution is 0.588. The summed E-state index contributed by atoms with van der Waals surface area (Å²) in [5, 5.41) is 4.59. The van der Waals surface area contributed by atoms with Crippen LogP contribution in [-0.4, -0.2) is 11.0 Å². The first kappa shape index (κ1) is 14.6. The minimum atomic E-state index is 0.525. The molecule has 4 heteroatoms. The number of rotatable bonds is 6. The zero-order chi connectivity index (χ0) is 13.7. The summed E-state index contributed by atoms with van der Waals surface area (Å²) in [7, 11) is 0. The molecule has 0 saturated carbocycles. The van der Waals surface area contributed by atoms with Crippen LogP contribution in [0.5, 0.6) is 0 Å². The molecule has 0 fully saturated rings. The molecule has 0 aliphatic heterocycles. The first-order valence-electron chi connectivity index (χ1n) is 6.50. The van der Waals surface area contributed by atoms with Crippen LogP contribution in [0.3, 0.4) is 0 Å². The Bertz CT molecular complexity index is 520. The summed E-state index contributed by atoms with van der Waals surface area (Å²) in [4.78, 5) is 6.96. The number of hydrogen-bond acceptors (Lipinski definition) is 4. The van der Waals surface area contributed by atoms with Crippen LogP contribution >= 0.6 is 23.1 Å². The maximum absolute atomic E-state index is 4.29. The molecule has 0 spiro atoms. The predicted octanol–water partition coefficient (Wildman–Crippen LogP) is 4.24. The van der Waals surface area contributed by atoms with Crippen LogP contribution in [0, 0.1) is 6.92 Å². The Labute approximate surface area is 123 Å². The number of nitrogens with zero attached hydrogens (tertiary/aromatic N) is 1. The van der Waals surface area contributed by atoms with Crippen LogP contribution in [0.15, 0.2) is 35.4 Å². The van der Waals surface area contributed by atoms with Crippen molar-refractivity contribution in [3.8, 4) is 0 Å². The van der Waals surface area contributed by atoms with Crippen LogP contribution < -0.4 is 5.32 Å². The highest BCUT2D eigenvalue weighted by Crippen LogP contribution is 2.26. The molecule has 1 aromatic heterocycles. The quantitative estimate of drug-likeness (QED) is 0.806. The van der Waals surface area contributed by atoms with E-state index in [1.165, 1.54) is 15.3 Å². The molecule has 1 heterocycles. The fourth-order valence-corrected chi connectivity index (χ4v) is 3.49. The summed E-state index contributed by atoms with van der Waals surface area (Å²) in [6.45, 7) is 7.33. The zero-order valence-electron chi connectivity index (χ0n) is 11.6. The van der Waals surface area contributed by atoms with E-state index in [1.54, 1.807) is 11.3 Å². The van der Waals surface area contributed by atoms with Gasteiger partial charge < -0.3 is 5.32 Å². The van der Waals surface area contributed by atoms with E-state index >= 15 is 0 Å². The van der Waals surface area contributed by atoms with Crippen LogP contribution in [0.2, 0.25) is 0 Å². The molecule has 0 radical (unpaired) electrons. The van der Waals surface area contributed by atoms with Crippen LogP contribution in [0.1, 0.15) is 29.3 Å². The third-order valence-electron chi connectivity index (χ3n) is 2.66. The van der Waals surface area contributed by atoms with Gasteiger partial charge in [0.05, 0.1) is 5.01 Å². The van der Waals surface area contributed by atoms with Crippen LogP contribution in [0.25, 0.3) is 0 Å². The lowest BCUT2D eigenvalue weighted by Gasteiger charge is -2.09. The molecule has 0 unspecified atom stereocenters. The van der Waals surface area contributed by atoms with Crippen molar-refractivity contribution in [2.45, 2.75) is 44.0 Å². The predicted molar refractivity (Wildman–Crippen MR) is 84.8 cm³/mol. The topological polar surface area (TPSA) is 24.9 Å². The normalized spacial score (nSPS) is 11.2. The average Bonchev–Trinajstić information content (AvgIpc) is 2.80. The number of aryl methyl sites for hydroxylation is 1. The molecule has 1 aromatic carbocycles. The van der Waals surface area contributed by atoms with Gasteiger partial charge in [-0.15, -0.1) is 23.1 Å². The van der Waals surface area contributed by atoms with Crippen molar-refractivity contribution in [2.75, 3.05) is 0 Å². The molecule has 2 nitrogen and oxygen atoms in total. The molecule has 0 amide bonds. The van der Waals surface area contributed by atoms with Gasteiger partial charge >= 0.3 is 0 Å². The number of aromatic nitrogens is 1. The van der Waals surface area contributed by atoms with Crippen molar-refractivity contribution >= 4 is 23.1 Å². The maximum Gasteiger partial charge on any atom is 0.0897 e. The average molecular weight is 292 g/mol. The molecule has 0 aliphatic rings. The van der Waals surface area contributed by atoms with Gasteiger partial charge in [0, 0.05) is 34.3 Å². The Morgan fingerprint density at radius 1 is 1.37 bits per heavy atom. The van der Waals surface area contributed by atoms with E-state index in [1.807, 2.05) is 18.0 Å². The van der Waals surface area contributed by atoms with Gasteiger partial charge in [-0.25, -0.2) is 4.98 Å². The standard InChI is InChI=1S/C15H20N2S2/c1-11(2)16-8-13-5-4-6-14(7-13)18-10-15-9-17-12(3)19-15/h4-7,9,11,16H,8,10H2,1-3H3. The second-order valence-corrected chi connectivity index (χ2v) is 7.19. The Balaban J connectivity index is 1.91. The van der Waals surface area contributed by atoms with Gasteiger partial charge in [0.15, 0.2) is 0 Å². The summed E-state index contributed by atoms with van der Waals surface area (Å²) in [6.07, 6.45) is 1.98. The highest BCUT2D eigenvalue weighted by molar-refractivity contribution is 7.98. The van der Waals surface area contributed by atoms with Gasteiger partial charge in [0.2, 0.25) is 0 Å². The SMILES string of the molecule is Cc1ncc(CSc2cccc(CNC(C)C)c2)s1. The van der Waals surface area contributed by atoms with Crippen molar-refractivity contribution in [2.24, 2.45) is 0 Å². The van der Waals surface area contributed by atoms with Gasteiger partial charge in [-0.1, -0.05) is 26.0 Å². The van der Waals surface area contributed by atoms with Gasteiger partial charge in [0.1, 0.15) is 0 Å². The molecule has 0 aliphatic carbocycles. The van der Waals surface area contributed by atoms with Crippen molar-refractivity contribution < 1.29 is 0 Å². The third-order valence-corrected chi connectivity index (χ3v) is 4.80. The summed E-state index contributed by atoms with van der Waals surface area (Å²) < 4.78 is 0. The Morgan fingerprint density at radius 2 is 2.21 bits per heavy atom. The summed E-state index contributed by atoms with van der Waals surface area (Å²) >= 11 is 3.66. The van der Waals surface area contributed by atoms with E-state index < -0.39 is 0 Å². The fourth-order valence-electron chi connectivity index (χ4n) is 1.69. The second kappa shape index (κ2) is 7.08. The smallest absolute Gasteiger partial charge is 0.0897 e. The molecule has 19 heavy (non-hydrogen) atoms.